The molecule has 1 saturated heterocycles. The number of piperazine rings is 1. The number of carbonyl (C=O) groups is 1. The molecule has 0 radical (unpaired) electrons. The number of ether oxygens (including phenoxy) is 2. The molecule has 3 heterocycles. The highest BCUT2D eigenvalue weighted by molar-refractivity contribution is 7.19. The third kappa shape index (κ3) is 5.02. The minimum Gasteiger partial charge on any atom is -0.497 e. The summed E-state index contributed by atoms with van der Waals surface area (Å²) in [7, 11) is 3.20. The molecule has 0 saturated carbocycles. The summed E-state index contributed by atoms with van der Waals surface area (Å²) >= 11 is 1.35. The van der Waals surface area contributed by atoms with Crippen molar-refractivity contribution in [2.24, 2.45) is 0 Å². The Morgan fingerprint density at radius 2 is 1.83 bits per heavy atom. The monoisotopic (exact) mass is 506 g/mol. The number of amides is 2. The van der Waals surface area contributed by atoms with Crippen molar-refractivity contribution in [2.45, 2.75) is 6.54 Å². The lowest BCUT2D eigenvalue weighted by Crippen LogP contribution is -2.49. The van der Waals surface area contributed by atoms with E-state index in [2.05, 4.69) is 20.3 Å². The number of aromatic nitrogens is 3. The number of hydrogen-bond acceptors (Lipinski definition) is 8. The predicted molar refractivity (Wildman–Crippen MR) is 138 cm³/mol. The Hall–Kier alpha value is -3.96. The zero-order valence-electron chi connectivity index (χ0n) is 20.0. The highest BCUT2D eigenvalue weighted by Crippen LogP contribution is 2.32. The van der Waals surface area contributed by atoms with Crippen LogP contribution in [0, 0.1) is 0 Å². The topological polar surface area (TPSA) is 101 Å². The van der Waals surface area contributed by atoms with Gasteiger partial charge in [-0.25, -0.2) is 9.78 Å². The maximum absolute atomic E-state index is 12.7. The van der Waals surface area contributed by atoms with Gasteiger partial charge >= 0.3 is 6.03 Å². The summed E-state index contributed by atoms with van der Waals surface area (Å²) in [5.74, 6) is 1.38. The first-order chi connectivity index (χ1) is 17.5. The maximum Gasteiger partial charge on any atom is 0.321 e. The average molecular weight is 507 g/mol. The summed E-state index contributed by atoms with van der Waals surface area (Å²) in [5.41, 5.74) is 1.98. The molecule has 11 heteroatoms. The zero-order chi connectivity index (χ0) is 25.1. The van der Waals surface area contributed by atoms with Gasteiger partial charge in [0.25, 0.3) is 5.56 Å². The summed E-state index contributed by atoms with van der Waals surface area (Å²) in [6.45, 7) is 3.05. The van der Waals surface area contributed by atoms with Crippen LogP contribution in [0.15, 0.2) is 59.4 Å². The first-order valence-corrected chi connectivity index (χ1v) is 12.3. The fraction of sp³-hybridized carbons (Fsp3) is 0.280. The molecule has 1 aliphatic rings. The minimum absolute atomic E-state index is 0.144. The molecule has 186 valence electrons. The summed E-state index contributed by atoms with van der Waals surface area (Å²) in [5, 5.41) is 8.05. The number of rotatable bonds is 6. The Kier molecular flexibility index (Phi) is 6.83. The van der Waals surface area contributed by atoms with Crippen LogP contribution in [-0.2, 0) is 6.54 Å². The summed E-state index contributed by atoms with van der Waals surface area (Å²) < 4.78 is 12.0. The molecule has 4 aromatic rings. The molecule has 5 rings (SSSR count). The van der Waals surface area contributed by atoms with E-state index in [1.165, 1.54) is 21.9 Å². The summed E-state index contributed by atoms with van der Waals surface area (Å²) in [6.07, 6.45) is 0. The molecule has 0 spiro atoms. The quantitative estimate of drug-likeness (QED) is 0.429. The third-order valence-corrected chi connectivity index (χ3v) is 6.94. The van der Waals surface area contributed by atoms with Crippen molar-refractivity contribution in [1.82, 2.24) is 24.4 Å². The van der Waals surface area contributed by atoms with Crippen LogP contribution in [0.4, 0.5) is 10.5 Å². The van der Waals surface area contributed by atoms with Crippen molar-refractivity contribution in [2.75, 3.05) is 45.7 Å². The number of nitrogens with one attached hydrogen (secondary N) is 1. The SMILES string of the molecule is COc1cccc(NC(=O)N2CCN(Cc3cc(=O)n4nc(-c5ccccc5OC)sc4n3)CC2)c1. The maximum atomic E-state index is 12.7. The summed E-state index contributed by atoms with van der Waals surface area (Å²) in [4.78, 5) is 34.6. The van der Waals surface area contributed by atoms with Gasteiger partial charge in [0.1, 0.15) is 11.5 Å². The molecule has 36 heavy (non-hydrogen) atoms. The molecule has 2 aromatic carbocycles. The van der Waals surface area contributed by atoms with Gasteiger partial charge < -0.3 is 19.7 Å². The number of para-hydroxylation sites is 1. The number of anilines is 1. The number of benzene rings is 2. The van der Waals surface area contributed by atoms with E-state index >= 15 is 0 Å². The fourth-order valence-electron chi connectivity index (χ4n) is 4.11. The van der Waals surface area contributed by atoms with Crippen LogP contribution >= 0.6 is 11.3 Å². The minimum atomic E-state index is -0.219. The Morgan fingerprint density at radius 3 is 2.61 bits per heavy atom. The number of nitrogens with zero attached hydrogens (tertiary/aromatic N) is 5. The molecule has 2 aromatic heterocycles. The second-order valence-corrected chi connectivity index (χ2v) is 9.27. The van der Waals surface area contributed by atoms with Crippen LogP contribution in [-0.4, -0.2) is 70.8 Å². The van der Waals surface area contributed by atoms with E-state index in [0.29, 0.717) is 65.6 Å². The highest BCUT2D eigenvalue weighted by atomic mass is 32.1. The number of methoxy groups -OCH3 is 2. The predicted octanol–water partition coefficient (Wildman–Crippen LogP) is 3.18. The van der Waals surface area contributed by atoms with E-state index in [-0.39, 0.29) is 11.6 Å². The Labute approximate surface area is 211 Å². The Morgan fingerprint density at radius 1 is 1.03 bits per heavy atom. The van der Waals surface area contributed by atoms with Gasteiger partial charge in [-0.1, -0.05) is 29.5 Å². The van der Waals surface area contributed by atoms with Gasteiger partial charge in [0.15, 0.2) is 5.01 Å². The third-order valence-electron chi connectivity index (χ3n) is 6.00. The van der Waals surface area contributed by atoms with Gasteiger partial charge in [0, 0.05) is 50.5 Å². The second-order valence-electron chi connectivity index (χ2n) is 8.31. The van der Waals surface area contributed by atoms with E-state index in [4.69, 9.17) is 9.47 Å². The second kappa shape index (κ2) is 10.3. The number of carbonyl (C=O) groups excluding carboxylic acids is 1. The average Bonchev–Trinajstić information content (AvgIpc) is 3.34. The van der Waals surface area contributed by atoms with Crippen LogP contribution in [0.5, 0.6) is 11.5 Å². The molecule has 0 atom stereocenters. The van der Waals surface area contributed by atoms with Crippen LogP contribution < -0.4 is 20.3 Å². The van der Waals surface area contributed by atoms with Crippen LogP contribution in [0.3, 0.4) is 0 Å². The van der Waals surface area contributed by atoms with E-state index < -0.39 is 0 Å². The molecule has 0 unspecified atom stereocenters. The van der Waals surface area contributed by atoms with E-state index in [1.807, 2.05) is 42.5 Å². The van der Waals surface area contributed by atoms with E-state index in [9.17, 15) is 9.59 Å². The lowest BCUT2D eigenvalue weighted by atomic mass is 10.2. The first-order valence-electron chi connectivity index (χ1n) is 11.5. The van der Waals surface area contributed by atoms with Gasteiger partial charge in [0.05, 0.1) is 25.5 Å². The number of hydrogen-bond donors (Lipinski definition) is 1. The molecule has 1 aliphatic heterocycles. The van der Waals surface area contributed by atoms with Gasteiger partial charge in [-0.05, 0) is 24.3 Å². The fourth-order valence-corrected chi connectivity index (χ4v) is 5.06. The zero-order valence-corrected chi connectivity index (χ0v) is 20.8. The molecule has 1 N–H and O–H groups in total. The Bertz CT molecular complexity index is 1440. The largest absolute Gasteiger partial charge is 0.497 e. The lowest BCUT2D eigenvalue weighted by molar-refractivity contribution is 0.142. The molecular formula is C25H26N6O4S. The number of fused-ring (bicyclic) bond motifs is 1. The van der Waals surface area contributed by atoms with Crippen LogP contribution in [0.25, 0.3) is 15.5 Å². The number of urea groups is 1. The van der Waals surface area contributed by atoms with Crippen LogP contribution in [0.1, 0.15) is 5.69 Å². The van der Waals surface area contributed by atoms with Gasteiger partial charge in [-0.2, -0.15) is 9.61 Å². The first kappa shape index (κ1) is 23.8. The van der Waals surface area contributed by atoms with Gasteiger partial charge in [0.2, 0.25) is 4.96 Å². The molecule has 1 fully saturated rings. The van der Waals surface area contributed by atoms with Crippen molar-refractivity contribution < 1.29 is 14.3 Å². The van der Waals surface area contributed by atoms with E-state index in [1.54, 1.807) is 25.2 Å². The smallest absolute Gasteiger partial charge is 0.321 e. The van der Waals surface area contributed by atoms with Crippen molar-refractivity contribution in [3.05, 3.63) is 70.6 Å². The normalized spacial score (nSPS) is 14.1. The van der Waals surface area contributed by atoms with Crippen molar-refractivity contribution in [1.29, 1.82) is 0 Å². The van der Waals surface area contributed by atoms with Gasteiger partial charge in [-0.15, -0.1) is 0 Å². The van der Waals surface area contributed by atoms with Crippen molar-refractivity contribution in [3.8, 4) is 22.1 Å². The van der Waals surface area contributed by atoms with Crippen molar-refractivity contribution in [3.63, 3.8) is 0 Å². The standard InChI is InChI=1S/C25H26N6O4S/c1-34-19-7-5-6-17(14-19)26-24(33)30-12-10-29(11-13-30)16-18-15-22(32)31-25(27-18)36-23(28-31)20-8-3-4-9-21(20)35-2/h3-9,14-15H,10-13,16H2,1-2H3,(H,26,33). The van der Waals surface area contributed by atoms with E-state index in [0.717, 1.165) is 5.56 Å². The molecule has 0 bridgehead atoms. The molecule has 0 aliphatic carbocycles. The highest BCUT2D eigenvalue weighted by Gasteiger charge is 2.22. The Balaban J connectivity index is 1.23. The molecule has 2 amide bonds. The van der Waals surface area contributed by atoms with Gasteiger partial charge in [-0.3, -0.25) is 9.69 Å². The lowest BCUT2D eigenvalue weighted by Gasteiger charge is -2.34. The molecule has 10 nitrogen and oxygen atoms in total. The van der Waals surface area contributed by atoms with Crippen LogP contribution in [0.2, 0.25) is 0 Å². The molecular weight excluding hydrogens is 480 g/mol. The van der Waals surface area contributed by atoms with Crippen molar-refractivity contribution >= 4 is 28.0 Å². The summed E-state index contributed by atoms with van der Waals surface area (Å²) in [6, 6.07) is 16.2.